The molecule has 0 heterocycles. The van der Waals surface area contributed by atoms with Gasteiger partial charge < -0.3 is 25.4 Å². The molecule has 4 N–H and O–H groups in total. The lowest BCUT2D eigenvalue weighted by Crippen LogP contribution is -2.24. The smallest absolute Gasteiger partial charge is 0.220 e. The second-order valence-electron chi connectivity index (χ2n) is 9.03. The van der Waals surface area contributed by atoms with Gasteiger partial charge in [-0.15, -0.1) is 0 Å². The Bertz CT molecular complexity index is 746. The van der Waals surface area contributed by atoms with Crippen molar-refractivity contribution in [2.24, 2.45) is 17.8 Å². The fourth-order valence-electron chi connectivity index (χ4n) is 4.14. The first-order valence-corrected chi connectivity index (χ1v) is 11.8. The zero-order chi connectivity index (χ0) is 22.8. The van der Waals surface area contributed by atoms with Crippen LogP contribution in [-0.2, 0) is 4.79 Å². The summed E-state index contributed by atoms with van der Waals surface area (Å²) in [6.07, 6.45) is 11.2. The van der Waals surface area contributed by atoms with Crippen LogP contribution in [0.1, 0.15) is 44.9 Å². The molecule has 3 rings (SSSR count). The quantitative estimate of drug-likeness (QED) is 0.278. The number of unbranched alkanes of at least 4 members (excludes halogenated alkanes) is 1. The molecule has 2 aliphatic rings. The molecule has 0 aliphatic heterocycles. The summed E-state index contributed by atoms with van der Waals surface area (Å²) < 4.78 is 5.55. The highest BCUT2D eigenvalue weighted by molar-refractivity contribution is 5.75. The van der Waals surface area contributed by atoms with Gasteiger partial charge in [0.1, 0.15) is 18.5 Å². The van der Waals surface area contributed by atoms with Crippen molar-refractivity contribution in [1.29, 1.82) is 0 Å². The molecule has 32 heavy (non-hydrogen) atoms. The molecule has 6 nitrogen and oxygen atoms in total. The average Bonchev–Trinajstić information content (AvgIpc) is 3.58. The third-order valence-corrected chi connectivity index (χ3v) is 6.27. The van der Waals surface area contributed by atoms with Crippen molar-refractivity contribution in [1.82, 2.24) is 5.32 Å². The van der Waals surface area contributed by atoms with Gasteiger partial charge in [-0.3, -0.25) is 4.79 Å². The molecule has 1 amide bonds. The van der Waals surface area contributed by atoms with Crippen LogP contribution in [0.4, 0.5) is 0 Å². The predicted molar refractivity (Wildman–Crippen MR) is 124 cm³/mol. The van der Waals surface area contributed by atoms with E-state index in [9.17, 15) is 20.1 Å². The highest BCUT2D eigenvalue weighted by Crippen LogP contribution is 2.36. The standard InChI is InChI=1S/C26H37NO5/c28-20(18-32-21-8-4-3-5-9-21)14-15-23-22(24(29)16-25(23)30)10-6-1-2-7-11-26(31)27-17-19-12-13-19/h1,3-6,8-9,14-15,19-20,22-25,28-30H,2,7,10-13,16-18H2,(H,27,31)/b6-1+,15-14+. The topological polar surface area (TPSA) is 99.0 Å². The van der Waals surface area contributed by atoms with E-state index in [0.717, 1.165) is 19.4 Å². The van der Waals surface area contributed by atoms with Gasteiger partial charge in [-0.1, -0.05) is 42.5 Å². The molecule has 2 aliphatic carbocycles. The number of ether oxygens (including phenoxy) is 1. The van der Waals surface area contributed by atoms with Gasteiger partial charge in [-0.2, -0.15) is 0 Å². The van der Waals surface area contributed by atoms with E-state index >= 15 is 0 Å². The van der Waals surface area contributed by atoms with Crippen LogP contribution in [0.3, 0.4) is 0 Å². The normalized spacial score (nSPS) is 26.6. The maximum absolute atomic E-state index is 11.8. The maximum atomic E-state index is 11.8. The van der Waals surface area contributed by atoms with E-state index in [-0.39, 0.29) is 24.3 Å². The first-order chi connectivity index (χ1) is 15.5. The number of nitrogens with one attached hydrogen (secondary N) is 1. The first kappa shape index (κ1) is 24.5. The van der Waals surface area contributed by atoms with Gasteiger partial charge in [-0.05, 0) is 56.1 Å². The second kappa shape index (κ2) is 12.8. The van der Waals surface area contributed by atoms with Gasteiger partial charge in [0.05, 0.1) is 12.2 Å². The molecule has 1 aromatic carbocycles. The number of amides is 1. The van der Waals surface area contributed by atoms with Crippen molar-refractivity contribution in [2.75, 3.05) is 13.2 Å². The summed E-state index contributed by atoms with van der Waals surface area (Å²) in [5.74, 6) is 1.21. The van der Waals surface area contributed by atoms with Crippen molar-refractivity contribution in [3.8, 4) is 5.75 Å². The number of carbonyl (C=O) groups excluding carboxylic acids is 1. The van der Waals surface area contributed by atoms with E-state index in [0.29, 0.717) is 30.9 Å². The minimum absolute atomic E-state index is 0.0958. The highest BCUT2D eigenvalue weighted by atomic mass is 16.5. The van der Waals surface area contributed by atoms with Gasteiger partial charge in [0.15, 0.2) is 0 Å². The van der Waals surface area contributed by atoms with Crippen molar-refractivity contribution in [3.05, 3.63) is 54.6 Å². The Morgan fingerprint density at radius 2 is 1.94 bits per heavy atom. The lowest BCUT2D eigenvalue weighted by molar-refractivity contribution is -0.121. The monoisotopic (exact) mass is 443 g/mol. The van der Waals surface area contributed by atoms with Crippen molar-refractivity contribution in [3.63, 3.8) is 0 Å². The van der Waals surface area contributed by atoms with E-state index in [4.69, 9.17) is 4.74 Å². The van der Waals surface area contributed by atoms with Crippen LogP contribution in [0.15, 0.2) is 54.6 Å². The summed E-state index contributed by atoms with van der Waals surface area (Å²) in [5, 5.41) is 33.9. The molecular formula is C26H37NO5. The molecule has 176 valence electrons. The van der Waals surface area contributed by atoms with Crippen molar-refractivity contribution < 1.29 is 24.9 Å². The van der Waals surface area contributed by atoms with E-state index in [1.165, 1.54) is 12.8 Å². The van der Waals surface area contributed by atoms with Crippen molar-refractivity contribution >= 4 is 5.91 Å². The molecule has 5 unspecified atom stereocenters. The van der Waals surface area contributed by atoms with E-state index in [2.05, 4.69) is 11.4 Å². The Morgan fingerprint density at radius 1 is 1.16 bits per heavy atom. The van der Waals surface area contributed by atoms with Crippen molar-refractivity contribution in [2.45, 2.75) is 63.3 Å². The minimum atomic E-state index is -0.789. The number of carbonyl (C=O) groups is 1. The second-order valence-corrected chi connectivity index (χ2v) is 9.03. The summed E-state index contributed by atoms with van der Waals surface area (Å²) >= 11 is 0. The third-order valence-electron chi connectivity index (χ3n) is 6.27. The van der Waals surface area contributed by atoms with E-state index < -0.39 is 18.3 Å². The van der Waals surface area contributed by atoms with Crippen LogP contribution >= 0.6 is 0 Å². The predicted octanol–water partition coefficient (Wildman–Crippen LogP) is 2.98. The highest BCUT2D eigenvalue weighted by Gasteiger charge is 2.39. The first-order valence-electron chi connectivity index (χ1n) is 11.8. The number of allylic oxidation sites excluding steroid dienone is 2. The molecule has 5 atom stereocenters. The number of hydrogen-bond acceptors (Lipinski definition) is 5. The lowest BCUT2D eigenvalue weighted by atomic mass is 9.89. The molecule has 1 aromatic rings. The molecule has 0 radical (unpaired) electrons. The SMILES string of the molecule is O=C(CCC/C=C/CC1C(O)CC(O)C1/C=C/C(O)COc1ccccc1)NCC1CC1. The van der Waals surface area contributed by atoms with Crippen LogP contribution in [0.2, 0.25) is 0 Å². The van der Waals surface area contributed by atoms with Gasteiger partial charge in [0.2, 0.25) is 5.91 Å². The largest absolute Gasteiger partial charge is 0.491 e. The number of benzene rings is 1. The summed E-state index contributed by atoms with van der Waals surface area (Å²) in [7, 11) is 0. The van der Waals surface area contributed by atoms with Crippen LogP contribution in [-0.4, -0.2) is 52.7 Å². The zero-order valence-corrected chi connectivity index (χ0v) is 18.7. The Hall–Kier alpha value is -2.15. The van der Waals surface area contributed by atoms with Crippen LogP contribution < -0.4 is 10.1 Å². The van der Waals surface area contributed by atoms with Gasteiger partial charge >= 0.3 is 0 Å². The van der Waals surface area contributed by atoms with Crippen LogP contribution in [0.25, 0.3) is 0 Å². The fraction of sp³-hybridized carbons (Fsp3) is 0.577. The van der Waals surface area contributed by atoms with Gasteiger partial charge in [0, 0.05) is 25.3 Å². The Labute approximate surface area is 191 Å². The maximum Gasteiger partial charge on any atom is 0.220 e. The minimum Gasteiger partial charge on any atom is -0.491 e. The summed E-state index contributed by atoms with van der Waals surface area (Å²) in [6, 6.07) is 9.30. The molecule has 0 saturated heterocycles. The molecule has 6 heteroatoms. The van der Waals surface area contributed by atoms with E-state index in [1.807, 2.05) is 42.5 Å². The van der Waals surface area contributed by atoms with Crippen LogP contribution in [0, 0.1) is 17.8 Å². The molecule has 2 saturated carbocycles. The van der Waals surface area contributed by atoms with Gasteiger partial charge in [0.25, 0.3) is 0 Å². The third kappa shape index (κ3) is 8.41. The summed E-state index contributed by atoms with van der Waals surface area (Å²) in [6.45, 7) is 0.948. The summed E-state index contributed by atoms with van der Waals surface area (Å²) in [5.41, 5.74) is 0. The van der Waals surface area contributed by atoms with E-state index in [1.54, 1.807) is 6.08 Å². The van der Waals surface area contributed by atoms with Crippen LogP contribution in [0.5, 0.6) is 5.75 Å². The average molecular weight is 444 g/mol. The zero-order valence-electron chi connectivity index (χ0n) is 18.7. The lowest BCUT2D eigenvalue weighted by Gasteiger charge is -2.19. The molecule has 0 aromatic heterocycles. The number of aliphatic hydroxyl groups excluding tert-OH is 3. The molecule has 0 bridgehead atoms. The van der Waals surface area contributed by atoms with Gasteiger partial charge in [-0.25, -0.2) is 0 Å². The number of aliphatic hydroxyl groups is 3. The Kier molecular flexibility index (Phi) is 9.78. The Morgan fingerprint density at radius 3 is 2.69 bits per heavy atom. The Balaban J connectivity index is 1.37. The molecular weight excluding hydrogens is 406 g/mol. The fourth-order valence-corrected chi connectivity index (χ4v) is 4.14. The summed E-state index contributed by atoms with van der Waals surface area (Å²) in [4.78, 5) is 11.8. The number of hydrogen-bond donors (Lipinski definition) is 4. The number of para-hydroxylation sites is 1. The molecule has 2 fully saturated rings. The number of rotatable bonds is 13. The molecule has 0 spiro atoms.